The van der Waals surface area contributed by atoms with Gasteiger partial charge in [0.15, 0.2) is 0 Å². The van der Waals surface area contributed by atoms with Crippen LogP contribution < -0.4 is 5.32 Å². The lowest BCUT2D eigenvalue weighted by molar-refractivity contribution is 0.250. The maximum Gasteiger partial charge on any atom is 0.244 e. The van der Waals surface area contributed by atoms with Gasteiger partial charge in [0.2, 0.25) is 10.0 Å². The maximum atomic E-state index is 12.5. The van der Waals surface area contributed by atoms with Gasteiger partial charge in [-0.25, -0.2) is 13.4 Å². The third kappa shape index (κ3) is 3.22. The summed E-state index contributed by atoms with van der Waals surface area (Å²) in [6.07, 6.45) is 2.96. The fourth-order valence-corrected chi connectivity index (χ4v) is 3.90. The summed E-state index contributed by atoms with van der Waals surface area (Å²) in [5.41, 5.74) is 0. The Labute approximate surface area is 123 Å². The van der Waals surface area contributed by atoms with Crippen LogP contribution in [0.25, 0.3) is 0 Å². The van der Waals surface area contributed by atoms with Crippen LogP contribution in [0.1, 0.15) is 19.8 Å². The van der Waals surface area contributed by atoms with Crippen molar-refractivity contribution in [2.75, 3.05) is 25.0 Å². The van der Waals surface area contributed by atoms with Crippen molar-refractivity contribution < 1.29 is 13.5 Å². The third-order valence-electron chi connectivity index (χ3n) is 3.04. The van der Waals surface area contributed by atoms with E-state index in [4.69, 9.17) is 16.7 Å². The molecule has 1 heterocycles. The molecule has 0 bridgehead atoms. The predicted molar refractivity (Wildman–Crippen MR) is 77.4 cm³/mol. The molecule has 0 aromatic carbocycles. The van der Waals surface area contributed by atoms with Gasteiger partial charge in [-0.05, 0) is 25.8 Å². The number of anilines is 1. The molecule has 0 aliphatic heterocycles. The van der Waals surface area contributed by atoms with E-state index in [-0.39, 0.29) is 29.1 Å². The first-order chi connectivity index (χ1) is 9.50. The Morgan fingerprint density at radius 2 is 2.25 bits per heavy atom. The van der Waals surface area contributed by atoms with Gasteiger partial charge in [0.1, 0.15) is 10.7 Å². The van der Waals surface area contributed by atoms with E-state index >= 15 is 0 Å². The average Bonchev–Trinajstić information content (AvgIpc) is 3.22. The monoisotopic (exact) mass is 319 g/mol. The van der Waals surface area contributed by atoms with E-state index in [0.29, 0.717) is 12.4 Å². The summed E-state index contributed by atoms with van der Waals surface area (Å²) in [6.45, 7) is 2.45. The van der Waals surface area contributed by atoms with Gasteiger partial charge in [0, 0.05) is 25.3 Å². The maximum absolute atomic E-state index is 12.5. The number of nitrogens with zero attached hydrogens (tertiary/aromatic N) is 2. The molecular formula is C12H18ClN3O3S. The highest BCUT2D eigenvalue weighted by Gasteiger charge is 2.37. The standard InChI is InChI=1S/C12H18ClN3O3S/c1-2-14-12-11(13)7-10(8-15-12)20(18,19)16(5-6-17)9-3-4-9/h7-9,17H,2-6H2,1H3,(H,14,15). The zero-order valence-electron chi connectivity index (χ0n) is 11.2. The van der Waals surface area contributed by atoms with Gasteiger partial charge in [-0.2, -0.15) is 4.31 Å². The van der Waals surface area contributed by atoms with Crippen LogP contribution in [0, 0.1) is 0 Å². The van der Waals surface area contributed by atoms with Gasteiger partial charge in [-0.1, -0.05) is 11.6 Å². The molecule has 112 valence electrons. The van der Waals surface area contributed by atoms with Crippen LogP contribution in [0.15, 0.2) is 17.2 Å². The lowest BCUT2D eigenvalue weighted by Crippen LogP contribution is -2.35. The first-order valence-electron chi connectivity index (χ1n) is 6.52. The van der Waals surface area contributed by atoms with Crippen LogP contribution >= 0.6 is 11.6 Å². The molecule has 0 saturated heterocycles. The van der Waals surface area contributed by atoms with E-state index in [1.807, 2.05) is 6.92 Å². The fraction of sp³-hybridized carbons (Fsp3) is 0.583. The second-order valence-corrected chi connectivity index (χ2v) is 6.90. The lowest BCUT2D eigenvalue weighted by Gasteiger charge is -2.21. The number of aliphatic hydroxyl groups excluding tert-OH is 1. The molecule has 6 nitrogen and oxygen atoms in total. The summed E-state index contributed by atoms with van der Waals surface area (Å²) in [5.74, 6) is 0.466. The van der Waals surface area contributed by atoms with E-state index in [1.165, 1.54) is 16.6 Å². The first kappa shape index (κ1) is 15.5. The molecule has 0 radical (unpaired) electrons. The number of hydrogen-bond acceptors (Lipinski definition) is 5. The highest BCUT2D eigenvalue weighted by Crippen LogP contribution is 2.32. The Kier molecular flexibility index (Phi) is 4.85. The minimum absolute atomic E-state index is 0.0145. The number of pyridine rings is 1. The largest absolute Gasteiger partial charge is 0.395 e. The van der Waals surface area contributed by atoms with Crippen molar-refractivity contribution in [1.82, 2.24) is 9.29 Å². The molecular weight excluding hydrogens is 302 g/mol. The van der Waals surface area contributed by atoms with Crippen molar-refractivity contribution in [3.63, 3.8) is 0 Å². The third-order valence-corrected chi connectivity index (χ3v) is 5.25. The quantitative estimate of drug-likeness (QED) is 0.792. The van der Waals surface area contributed by atoms with Crippen LogP contribution in [0.2, 0.25) is 5.02 Å². The summed E-state index contributed by atoms with van der Waals surface area (Å²) in [6, 6.07) is 1.38. The van der Waals surface area contributed by atoms with Crippen LogP contribution in [0.4, 0.5) is 5.82 Å². The Hall–Kier alpha value is -0.890. The van der Waals surface area contributed by atoms with Crippen LogP contribution in [-0.4, -0.2) is 48.6 Å². The van der Waals surface area contributed by atoms with Crippen LogP contribution in [0.5, 0.6) is 0 Å². The van der Waals surface area contributed by atoms with Gasteiger partial charge in [-0.3, -0.25) is 0 Å². The summed E-state index contributed by atoms with van der Waals surface area (Å²) in [5, 5.41) is 12.3. The lowest BCUT2D eigenvalue weighted by atomic mass is 10.4. The molecule has 1 aliphatic rings. The SMILES string of the molecule is CCNc1ncc(S(=O)(=O)N(CCO)C2CC2)cc1Cl. The molecule has 1 fully saturated rings. The Bertz CT molecular complexity index is 575. The topological polar surface area (TPSA) is 82.5 Å². The highest BCUT2D eigenvalue weighted by molar-refractivity contribution is 7.89. The second-order valence-electron chi connectivity index (χ2n) is 4.60. The number of halogens is 1. The van der Waals surface area contributed by atoms with E-state index in [0.717, 1.165) is 12.8 Å². The normalized spacial score (nSPS) is 15.6. The minimum atomic E-state index is -3.66. The molecule has 0 unspecified atom stereocenters. The number of hydrogen-bond donors (Lipinski definition) is 2. The number of rotatable bonds is 7. The van der Waals surface area contributed by atoms with Crippen molar-refractivity contribution in [3.8, 4) is 0 Å². The van der Waals surface area contributed by atoms with E-state index in [2.05, 4.69) is 10.3 Å². The van der Waals surface area contributed by atoms with Crippen molar-refractivity contribution in [2.24, 2.45) is 0 Å². The van der Waals surface area contributed by atoms with E-state index in [1.54, 1.807) is 0 Å². The van der Waals surface area contributed by atoms with Crippen molar-refractivity contribution in [1.29, 1.82) is 0 Å². The molecule has 0 atom stereocenters. The number of sulfonamides is 1. The van der Waals surface area contributed by atoms with Crippen molar-refractivity contribution >= 4 is 27.4 Å². The van der Waals surface area contributed by atoms with Gasteiger partial charge < -0.3 is 10.4 Å². The van der Waals surface area contributed by atoms with Crippen molar-refractivity contribution in [2.45, 2.75) is 30.7 Å². The molecule has 2 rings (SSSR count). The zero-order valence-corrected chi connectivity index (χ0v) is 12.8. The Morgan fingerprint density at radius 3 is 2.75 bits per heavy atom. The summed E-state index contributed by atoms with van der Waals surface area (Å²) in [7, 11) is -3.66. The summed E-state index contributed by atoms with van der Waals surface area (Å²) >= 11 is 6.03. The summed E-state index contributed by atoms with van der Waals surface area (Å²) < 4.78 is 26.4. The molecule has 1 aromatic rings. The number of nitrogens with one attached hydrogen (secondary N) is 1. The smallest absolute Gasteiger partial charge is 0.244 e. The van der Waals surface area contributed by atoms with E-state index in [9.17, 15) is 8.42 Å². The molecule has 1 aromatic heterocycles. The van der Waals surface area contributed by atoms with E-state index < -0.39 is 10.0 Å². The Balaban J connectivity index is 2.30. The molecule has 1 aliphatic carbocycles. The highest BCUT2D eigenvalue weighted by atomic mass is 35.5. The molecule has 20 heavy (non-hydrogen) atoms. The van der Waals surface area contributed by atoms with Gasteiger partial charge in [0.05, 0.1) is 11.6 Å². The number of aliphatic hydroxyl groups is 1. The first-order valence-corrected chi connectivity index (χ1v) is 8.34. The average molecular weight is 320 g/mol. The minimum Gasteiger partial charge on any atom is -0.395 e. The van der Waals surface area contributed by atoms with Gasteiger partial charge in [-0.15, -0.1) is 0 Å². The summed E-state index contributed by atoms with van der Waals surface area (Å²) in [4.78, 5) is 4.10. The molecule has 8 heteroatoms. The zero-order chi connectivity index (χ0) is 14.8. The van der Waals surface area contributed by atoms with Crippen molar-refractivity contribution in [3.05, 3.63) is 17.3 Å². The molecule has 0 spiro atoms. The second kappa shape index (κ2) is 6.26. The Morgan fingerprint density at radius 1 is 1.55 bits per heavy atom. The van der Waals surface area contributed by atoms with Crippen LogP contribution in [-0.2, 0) is 10.0 Å². The number of aromatic nitrogens is 1. The molecule has 0 amide bonds. The molecule has 1 saturated carbocycles. The van der Waals surface area contributed by atoms with Gasteiger partial charge >= 0.3 is 0 Å². The molecule has 2 N–H and O–H groups in total. The van der Waals surface area contributed by atoms with Crippen LogP contribution in [0.3, 0.4) is 0 Å². The fourth-order valence-electron chi connectivity index (χ4n) is 1.95. The predicted octanol–water partition coefficient (Wildman–Crippen LogP) is 1.31. The van der Waals surface area contributed by atoms with Gasteiger partial charge in [0.25, 0.3) is 0 Å².